The normalized spacial score (nSPS) is 11.1. The Hall–Kier alpha value is -1.45. The number of para-hydroxylation sites is 2. The molecule has 0 atom stereocenters. The highest BCUT2D eigenvalue weighted by Crippen LogP contribution is 2.26. The van der Waals surface area contributed by atoms with Crippen molar-refractivity contribution in [1.29, 1.82) is 0 Å². The summed E-state index contributed by atoms with van der Waals surface area (Å²) < 4.78 is 2.13. The number of hydrogen-bond acceptors (Lipinski definition) is 2. The molecule has 0 fully saturated rings. The van der Waals surface area contributed by atoms with Gasteiger partial charge in [0.1, 0.15) is 0 Å². The number of nitrogens with zero attached hydrogens (tertiary/aromatic N) is 2. The Bertz CT molecular complexity index is 721. The van der Waals surface area contributed by atoms with E-state index in [-0.39, 0.29) is 0 Å². The van der Waals surface area contributed by atoms with Gasteiger partial charge in [0, 0.05) is 17.8 Å². The summed E-state index contributed by atoms with van der Waals surface area (Å²) in [4.78, 5) is 4.64. The van der Waals surface area contributed by atoms with Crippen LogP contribution in [0.3, 0.4) is 0 Å². The Kier molecular flexibility index (Phi) is 3.49. The summed E-state index contributed by atoms with van der Waals surface area (Å²) in [6.45, 7) is 0. The molecule has 0 aliphatic carbocycles. The van der Waals surface area contributed by atoms with Gasteiger partial charge in [0.2, 0.25) is 0 Å². The molecule has 2 nitrogen and oxygen atoms in total. The van der Waals surface area contributed by atoms with E-state index in [1.807, 2.05) is 36.4 Å². The van der Waals surface area contributed by atoms with E-state index >= 15 is 0 Å². The van der Waals surface area contributed by atoms with E-state index < -0.39 is 0 Å². The van der Waals surface area contributed by atoms with Gasteiger partial charge in [-0.1, -0.05) is 47.6 Å². The molecular weight excluding hydrogens is 276 g/mol. The Labute approximate surface area is 121 Å². The maximum Gasteiger partial charge on any atom is 0.169 e. The largest absolute Gasteiger partial charge is 0.322 e. The Morgan fingerprint density at radius 2 is 2.00 bits per heavy atom. The molecular formula is C15H13ClN2S. The fourth-order valence-corrected chi connectivity index (χ4v) is 3.17. The fourth-order valence-electron chi connectivity index (χ4n) is 2.03. The maximum absolute atomic E-state index is 5.99. The Morgan fingerprint density at radius 1 is 1.16 bits per heavy atom. The lowest BCUT2D eigenvalue weighted by Crippen LogP contribution is -1.91. The number of rotatable bonds is 3. The molecule has 3 aromatic rings. The van der Waals surface area contributed by atoms with E-state index in [9.17, 15) is 0 Å². The first-order valence-corrected chi connectivity index (χ1v) is 7.39. The molecule has 0 aliphatic rings. The summed E-state index contributed by atoms with van der Waals surface area (Å²) in [6.07, 6.45) is 0. The highest BCUT2D eigenvalue weighted by atomic mass is 35.5. The number of aryl methyl sites for hydroxylation is 1. The third-order valence-electron chi connectivity index (χ3n) is 3.00. The molecule has 0 bridgehead atoms. The molecule has 0 spiro atoms. The minimum atomic E-state index is 0.781. The van der Waals surface area contributed by atoms with Gasteiger partial charge in [0.15, 0.2) is 5.16 Å². The smallest absolute Gasteiger partial charge is 0.169 e. The second-order valence-corrected chi connectivity index (χ2v) is 5.74. The number of benzene rings is 2. The number of hydrogen-bond donors (Lipinski definition) is 0. The monoisotopic (exact) mass is 288 g/mol. The van der Waals surface area contributed by atoms with Crippen molar-refractivity contribution in [2.75, 3.05) is 0 Å². The number of halogens is 1. The first kappa shape index (κ1) is 12.6. The van der Waals surface area contributed by atoms with Crippen molar-refractivity contribution in [3.05, 3.63) is 59.1 Å². The van der Waals surface area contributed by atoms with Gasteiger partial charge in [-0.3, -0.25) is 0 Å². The molecule has 0 aliphatic heterocycles. The lowest BCUT2D eigenvalue weighted by Gasteiger charge is -2.03. The van der Waals surface area contributed by atoms with Gasteiger partial charge in [0.25, 0.3) is 0 Å². The van der Waals surface area contributed by atoms with Crippen LogP contribution in [0, 0.1) is 0 Å². The molecule has 1 aromatic heterocycles. The molecule has 19 heavy (non-hydrogen) atoms. The highest BCUT2D eigenvalue weighted by Gasteiger charge is 2.07. The van der Waals surface area contributed by atoms with Crippen LogP contribution in [-0.2, 0) is 12.8 Å². The van der Waals surface area contributed by atoms with Crippen molar-refractivity contribution in [3.8, 4) is 0 Å². The minimum absolute atomic E-state index is 0.781. The van der Waals surface area contributed by atoms with Crippen molar-refractivity contribution >= 4 is 34.4 Å². The van der Waals surface area contributed by atoms with Gasteiger partial charge in [-0.15, -0.1) is 0 Å². The zero-order valence-electron chi connectivity index (χ0n) is 10.5. The highest BCUT2D eigenvalue weighted by molar-refractivity contribution is 7.98. The molecule has 4 heteroatoms. The predicted octanol–water partition coefficient (Wildman–Crippen LogP) is 4.52. The van der Waals surface area contributed by atoms with Crippen LogP contribution in [0.4, 0.5) is 0 Å². The molecule has 0 saturated heterocycles. The molecule has 0 unspecified atom stereocenters. The van der Waals surface area contributed by atoms with Gasteiger partial charge in [-0.05, 0) is 29.8 Å². The predicted molar refractivity (Wildman–Crippen MR) is 81.7 cm³/mol. The van der Waals surface area contributed by atoms with Crippen LogP contribution in [0.15, 0.2) is 53.7 Å². The maximum atomic E-state index is 5.99. The lowest BCUT2D eigenvalue weighted by molar-refractivity contribution is 0.815. The molecule has 0 amide bonds. The van der Waals surface area contributed by atoms with E-state index in [0.29, 0.717) is 0 Å². The van der Waals surface area contributed by atoms with Crippen molar-refractivity contribution in [2.24, 2.45) is 7.05 Å². The standard InChI is InChI=1S/C15H13ClN2S/c1-18-14-8-3-2-7-13(14)17-15(18)19-10-11-5-4-6-12(16)9-11/h2-9H,10H2,1H3. The molecule has 1 heterocycles. The van der Waals surface area contributed by atoms with Crippen molar-refractivity contribution < 1.29 is 0 Å². The van der Waals surface area contributed by atoms with E-state index in [2.05, 4.69) is 28.7 Å². The second-order valence-electron chi connectivity index (χ2n) is 4.36. The molecule has 0 saturated carbocycles. The number of fused-ring (bicyclic) bond motifs is 1. The van der Waals surface area contributed by atoms with Gasteiger partial charge in [-0.2, -0.15) is 0 Å². The number of thioether (sulfide) groups is 1. The number of imidazole rings is 1. The molecule has 0 N–H and O–H groups in total. The van der Waals surface area contributed by atoms with Gasteiger partial charge in [-0.25, -0.2) is 4.98 Å². The van der Waals surface area contributed by atoms with Gasteiger partial charge < -0.3 is 4.57 Å². The van der Waals surface area contributed by atoms with Crippen LogP contribution in [-0.4, -0.2) is 9.55 Å². The first-order chi connectivity index (χ1) is 9.24. The van der Waals surface area contributed by atoms with E-state index in [4.69, 9.17) is 11.6 Å². The average molecular weight is 289 g/mol. The molecule has 3 rings (SSSR count). The SMILES string of the molecule is Cn1c(SCc2cccc(Cl)c2)nc2ccccc21. The van der Waals surface area contributed by atoms with Crippen molar-refractivity contribution in [3.63, 3.8) is 0 Å². The van der Waals surface area contributed by atoms with Crippen LogP contribution < -0.4 is 0 Å². The minimum Gasteiger partial charge on any atom is -0.322 e. The van der Waals surface area contributed by atoms with Crippen molar-refractivity contribution in [1.82, 2.24) is 9.55 Å². The van der Waals surface area contributed by atoms with E-state index in [0.717, 1.165) is 27.0 Å². The van der Waals surface area contributed by atoms with E-state index in [1.165, 1.54) is 5.56 Å². The summed E-state index contributed by atoms with van der Waals surface area (Å²) >= 11 is 7.72. The lowest BCUT2D eigenvalue weighted by atomic mass is 10.2. The fraction of sp³-hybridized carbons (Fsp3) is 0.133. The quantitative estimate of drug-likeness (QED) is 0.660. The third kappa shape index (κ3) is 2.62. The van der Waals surface area contributed by atoms with Crippen LogP contribution in [0.25, 0.3) is 11.0 Å². The van der Waals surface area contributed by atoms with Crippen molar-refractivity contribution in [2.45, 2.75) is 10.9 Å². The summed E-state index contributed by atoms with van der Waals surface area (Å²) in [5, 5.41) is 1.81. The first-order valence-electron chi connectivity index (χ1n) is 6.03. The second kappa shape index (κ2) is 5.27. The molecule has 2 aromatic carbocycles. The van der Waals surface area contributed by atoms with Gasteiger partial charge >= 0.3 is 0 Å². The van der Waals surface area contributed by atoms with Crippen LogP contribution in [0.5, 0.6) is 0 Å². The average Bonchev–Trinajstić information content (AvgIpc) is 2.74. The Morgan fingerprint density at radius 3 is 2.79 bits per heavy atom. The molecule has 96 valence electrons. The Balaban J connectivity index is 1.84. The van der Waals surface area contributed by atoms with Crippen LogP contribution in [0.2, 0.25) is 5.02 Å². The van der Waals surface area contributed by atoms with Crippen LogP contribution >= 0.6 is 23.4 Å². The number of aromatic nitrogens is 2. The third-order valence-corrected chi connectivity index (χ3v) is 4.34. The zero-order valence-corrected chi connectivity index (χ0v) is 12.1. The van der Waals surface area contributed by atoms with E-state index in [1.54, 1.807) is 11.8 Å². The van der Waals surface area contributed by atoms with Gasteiger partial charge in [0.05, 0.1) is 11.0 Å². The summed E-state index contributed by atoms with van der Waals surface area (Å²) in [5.74, 6) is 0.873. The topological polar surface area (TPSA) is 17.8 Å². The van der Waals surface area contributed by atoms with Crippen LogP contribution in [0.1, 0.15) is 5.56 Å². The summed E-state index contributed by atoms with van der Waals surface area (Å²) in [7, 11) is 2.05. The summed E-state index contributed by atoms with van der Waals surface area (Å²) in [6, 6.07) is 16.1. The summed E-state index contributed by atoms with van der Waals surface area (Å²) in [5.41, 5.74) is 3.42. The zero-order chi connectivity index (χ0) is 13.2. The molecule has 0 radical (unpaired) electrons.